The van der Waals surface area contributed by atoms with Gasteiger partial charge in [-0.25, -0.2) is 9.87 Å². The second-order valence-corrected chi connectivity index (χ2v) is 9.61. The molecule has 0 radical (unpaired) electrons. The molecule has 0 amide bonds. The van der Waals surface area contributed by atoms with Crippen LogP contribution in [0.25, 0.3) is 22.6 Å². The smallest absolute Gasteiger partial charge is 0.261 e. The second kappa shape index (κ2) is 5.59. The molecule has 2 atom stereocenters. The molecule has 2 saturated heterocycles. The van der Waals surface area contributed by atoms with Crippen LogP contribution in [-0.4, -0.2) is 22.3 Å². The van der Waals surface area contributed by atoms with Crippen LogP contribution in [0.2, 0.25) is 0 Å². The summed E-state index contributed by atoms with van der Waals surface area (Å²) in [7, 11) is 0. The first kappa shape index (κ1) is 18.6. The normalized spacial score (nSPS) is 28.3. The van der Waals surface area contributed by atoms with Gasteiger partial charge < -0.3 is 14.3 Å². The van der Waals surface area contributed by atoms with Gasteiger partial charge in [-0.05, 0) is 24.3 Å². The van der Waals surface area contributed by atoms with Gasteiger partial charge in [-0.3, -0.25) is 0 Å². The number of fused-ring (bicyclic) bond motifs is 2. The number of aromatic hydroxyl groups is 1. The number of hydrogen-bond donors (Lipinski definition) is 1. The SMILES string of the molecule is CC(C)(C)C12OOC1(c1ccc(-c3nc4ccccc4o3)c(O)c1)OCC2(C)C. The van der Waals surface area contributed by atoms with Gasteiger partial charge in [-0.1, -0.05) is 52.8 Å². The lowest BCUT2D eigenvalue weighted by Gasteiger charge is -2.61. The van der Waals surface area contributed by atoms with Crippen LogP contribution in [0, 0.1) is 10.8 Å². The third-order valence-corrected chi connectivity index (χ3v) is 6.30. The molecule has 2 aromatic carbocycles. The standard InChI is InChI=1S/C23H25NO5/c1-20(2,3)23-21(4,5)13-26-22(23,28-29-23)14-10-11-15(17(25)12-14)19-24-16-8-6-7-9-18(16)27-19/h6-12,25H,13H2,1-5H3. The summed E-state index contributed by atoms with van der Waals surface area (Å²) < 4.78 is 12.0. The van der Waals surface area contributed by atoms with Crippen LogP contribution in [0.15, 0.2) is 46.9 Å². The molecule has 3 aromatic rings. The van der Waals surface area contributed by atoms with E-state index in [1.807, 2.05) is 30.3 Å². The molecule has 0 spiro atoms. The van der Waals surface area contributed by atoms with Crippen molar-refractivity contribution in [2.45, 2.75) is 46.0 Å². The Morgan fingerprint density at radius 1 is 1.03 bits per heavy atom. The van der Waals surface area contributed by atoms with E-state index in [0.29, 0.717) is 29.2 Å². The fourth-order valence-electron chi connectivity index (χ4n) is 5.14. The van der Waals surface area contributed by atoms with Crippen LogP contribution < -0.4 is 0 Å². The zero-order chi connectivity index (χ0) is 20.7. The highest BCUT2D eigenvalue weighted by Gasteiger charge is 2.81. The maximum Gasteiger partial charge on any atom is 0.261 e. The van der Waals surface area contributed by atoms with E-state index in [4.69, 9.17) is 18.9 Å². The van der Waals surface area contributed by atoms with Gasteiger partial charge in [0.25, 0.3) is 5.79 Å². The van der Waals surface area contributed by atoms with Crippen molar-refractivity contribution in [1.82, 2.24) is 4.98 Å². The first-order chi connectivity index (χ1) is 13.6. The van der Waals surface area contributed by atoms with Gasteiger partial charge in [-0.2, -0.15) is 4.89 Å². The van der Waals surface area contributed by atoms with Gasteiger partial charge in [0.05, 0.1) is 12.2 Å². The van der Waals surface area contributed by atoms with Crippen molar-refractivity contribution in [2.24, 2.45) is 10.8 Å². The molecule has 1 aromatic heterocycles. The van der Waals surface area contributed by atoms with Gasteiger partial charge in [-0.15, -0.1) is 0 Å². The minimum Gasteiger partial charge on any atom is -0.507 e. The molecule has 2 aliphatic rings. The van der Waals surface area contributed by atoms with Crippen LogP contribution in [0.3, 0.4) is 0 Å². The van der Waals surface area contributed by atoms with E-state index in [9.17, 15) is 5.11 Å². The van der Waals surface area contributed by atoms with Gasteiger partial charge in [0, 0.05) is 16.4 Å². The zero-order valence-corrected chi connectivity index (χ0v) is 17.3. The number of ether oxygens (including phenoxy) is 1. The van der Waals surface area contributed by atoms with E-state index in [2.05, 4.69) is 39.6 Å². The monoisotopic (exact) mass is 395 g/mol. The Labute approximate surface area is 169 Å². The highest BCUT2D eigenvalue weighted by Crippen LogP contribution is 2.69. The lowest BCUT2D eigenvalue weighted by molar-refractivity contribution is -0.626. The highest BCUT2D eigenvalue weighted by atomic mass is 17.3. The largest absolute Gasteiger partial charge is 0.507 e. The van der Waals surface area contributed by atoms with Crippen molar-refractivity contribution in [3.63, 3.8) is 0 Å². The third kappa shape index (κ3) is 2.19. The minimum absolute atomic E-state index is 0.0510. The van der Waals surface area contributed by atoms with E-state index in [1.54, 1.807) is 12.1 Å². The topological polar surface area (TPSA) is 74.0 Å². The van der Waals surface area contributed by atoms with E-state index in [-0.39, 0.29) is 16.6 Å². The van der Waals surface area contributed by atoms with E-state index in [1.165, 1.54) is 0 Å². The second-order valence-electron chi connectivity index (χ2n) is 9.61. The van der Waals surface area contributed by atoms with E-state index in [0.717, 1.165) is 5.52 Å². The molecule has 6 heteroatoms. The van der Waals surface area contributed by atoms with E-state index < -0.39 is 11.4 Å². The summed E-state index contributed by atoms with van der Waals surface area (Å²) in [5.74, 6) is -0.658. The average Bonchev–Trinajstić information content (AvgIpc) is 3.09. The Morgan fingerprint density at radius 3 is 2.41 bits per heavy atom. The Morgan fingerprint density at radius 2 is 1.79 bits per heavy atom. The van der Waals surface area contributed by atoms with Crippen molar-refractivity contribution < 1.29 is 24.0 Å². The van der Waals surface area contributed by atoms with Crippen molar-refractivity contribution in [2.75, 3.05) is 6.61 Å². The molecule has 2 fully saturated rings. The molecular weight excluding hydrogens is 370 g/mol. The minimum atomic E-state index is -1.08. The lowest BCUT2D eigenvalue weighted by Crippen LogP contribution is -2.72. The number of benzene rings is 2. The summed E-state index contributed by atoms with van der Waals surface area (Å²) in [5, 5.41) is 10.8. The fourth-order valence-corrected chi connectivity index (χ4v) is 5.14. The number of hydrogen-bond acceptors (Lipinski definition) is 6. The predicted molar refractivity (Wildman–Crippen MR) is 107 cm³/mol. The zero-order valence-electron chi connectivity index (χ0n) is 17.3. The highest BCUT2D eigenvalue weighted by molar-refractivity contribution is 5.77. The number of aromatic nitrogens is 1. The van der Waals surface area contributed by atoms with Gasteiger partial charge in [0.1, 0.15) is 11.3 Å². The third-order valence-electron chi connectivity index (χ3n) is 6.30. The van der Waals surface area contributed by atoms with Gasteiger partial charge >= 0.3 is 0 Å². The number of phenols is 1. The van der Waals surface area contributed by atoms with Crippen molar-refractivity contribution in [3.8, 4) is 17.2 Å². The summed E-state index contributed by atoms with van der Waals surface area (Å²) in [6.07, 6.45) is 0. The number of nitrogens with zero attached hydrogens (tertiary/aromatic N) is 1. The quantitative estimate of drug-likeness (QED) is 0.605. The number of rotatable bonds is 2. The summed E-state index contributed by atoms with van der Waals surface area (Å²) in [6, 6.07) is 12.8. The summed E-state index contributed by atoms with van der Waals surface area (Å²) >= 11 is 0. The predicted octanol–water partition coefficient (Wildman–Crippen LogP) is 5.16. The molecule has 29 heavy (non-hydrogen) atoms. The van der Waals surface area contributed by atoms with Gasteiger partial charge in [0.15, 0.2) is 11.2 Å². The average molecular weight is 395 g/mol. The van der Waals surface area contributed by atoms with Crippen molar-refractivity contribution >= 4 is 11.1 Å². The number of phenolic OH excluding ortho intramolecular Hbond substituents is 1. The summed E-state index contributed by atoms with van der Waals surface area (Å²) in [6.45, 7) is 11.1. The molecule has 3 heterocycles. The summed E-state index contributed by atoms with van der Waals surface area (Å²) in [4.78, 5) is 16.0. The molecule has 5 rings (SSSR count). The van der Waals surface area contributed by atoms with Crippen LogP contribution >= 0.6 is 0 Å². The Balaban J connectivity index is 1.60. The molecule has 1 N–H and O–H groups in total. The maximum absolute atomic E-state index is 10.8. The first-order valence-electron chi connectivity index (χ1n) is 9.82. The molecular formula is C23H25NO5. The molecule has 0 bridgehead atoms. The number of para-hydroxylation sites is 2. The van der Waals surface area contributed by atoms with Gasteiger partial charge in [0.2, 0.25) is 5.89 Å². The van der Waals surface area contributed by atoms with Crippen LogP contribution in [0.4, 0.5) is 0 Å². The molecule has 6 nitrogen and oxygen atoms in total. The molecule has 0 aliphatic carbocycles. The Hall–Kier alpha value is -2.41. The lowest BCUT2D eigenvalue weighted by atomic mass is 9.57. The molecule has 152 valence electrons. The van der Waals surface area contributed by atoms with Crippen molar-refractivity contribution in [3.05, 3.63) is 48.0 Å². The van der Waals surface area contributed by atoms with Crippen LogP contribution in [0.5, 0.6) is 5.75 Å². The Bertz CT molecular complexity index is 1080. The fraction of sp³-hybridized carbons (Fsp3) is 0.435. The molecule has 2 unspecified atom stereocenters. The van der Waals surface area contributed by atoms with Crippen molar-refractivity contribution in [1.29, 1.82) is 0 Å². The first-order valence-corrected chi connectivity index (χ1v) is 9.82. The maximum atomic E-state index is 10.8. The molecule has 2 aliphatic heterocycles. The summed E-state index contributed by atoms with van der Waals surface area (Å²) in [5.41, 5.74) is 1.40. The Kier molecular flexibility index (Phi) is 3.59. The van der Waals surface area contributed by atoms with Crippen LogP contribution in [-0.2, 0) is 20.3 Å². The van der Waals surface area contributed by atoms with E-state index >= 15 is 0 Å². The molecule has 0 saturated carbocycles. The van der Waals surface area contributed by atoms with Crippen LogP contribution in [0.1, 0.15) is 40.2 Å². The number of oxazole rings is 1.